The number of nitriles is 1. The van der Waals surface area contributed by atoms with Crippen LogP contribution in [0, 0.1) is 11.3 Å². The summed E-state index contributed by atoms with van der Waals surface area (Å²) in [7, 11) is 0. The molecule has 102 valence electrons. The fourth-order valence-corrected chi connectivity index (χ4v) is 1.96. The number of anilines is 2. The number of amides is 2. The summed E-state index contributed by atoms with van der Waals surface area (Å²) >= 11 is 0. The zero-order valence-electron chi connectivity index (χ0n) is 10.9. The number of rotatable bonds is 2. The molecule has 6 nitrogen and oxygen atoms in total. The molecule has 0 saturated carbocycles. The standard InChI is InChI=1S/C15H11N5O/c16-9-10-5-7-11(8-6-10)17-15(21)18-14-12-3-1-2-4-13(12)19-20-14/h1-8H,(H3,17,18,19,20,21). The van der Waals surface area contributed by atoms with E-state index in [2.05, 4.69) is 20.8 Å². The minimum absolute atomic E-state index is 0.392. The van der Waals surface area contributed by atoms with E-state index in [0.717, 1.165) is 10.9 Å². The molecule has 0 atom stereocenters. The highest BCUT2D eigenvalue weighted by Gasteiger charge is 2.08. The molecule has 3 rings (SSSR count). The Morgan fingerprint density at radius 1 is 1.10 bits per heavy atom. The van der Waals surface area contributed by atoms with Gasteiger partial charge in [-0.25, -0.2) is 4.79 Å². The van der Waals surface area contributed by atoms with Crippen LogP contribution in [0.3, 0.4) is 0 Å². The van der Waals surface area contributed by atoms with Gasteiger partial charge >= 0.3 is 6.03 Å². The van der Waals surface area contributed by atoms with Crippen molar-refractivity contribution in [2.45, 2.75) is 0 Å². The number of hydrogen-bond acceptors (Lipinski definition) is 3. The van der Waals surface area contributed by atoms with Crippen molar-refractivity contribution in [3.05, 3.63) is 54.1 Å². The number of benzene rings is 2. The number of carbonyl (C=O) groups is 1. The number of aromatic amines is 1. The molecular formula is C15H11N5O. The largest absolute Gasteiger partial charge is 0.324 e. The van der Waals surface area contributed by atoms with Crippen LogP contribution in [0.4, 0.5) is 16.3 Å². The van der Waals surface area contributed by atoms with E-state index in [4.69, 9.17) is 5.26 Å². The summed E-state index contributed by atoms with van der Waals surface area (Å²) in [6.45, 7) is 0. The Labute approximate surface area is 120 Å². The van der Waals surface area contributed by atoms with Gasteiger partial charge in [-0.3, -0.25) is 10.4 Å². The van der Waals surface area contributed by atoms with Gasteiger partial charge in [0.25, 0.3) is 0 Å². The van der Waals surface area contributed by atoms with Crippen LogP contribution in [-0.4, -0.2) is 16.2 Å². The normalized spacial score (nSPS) is 10.0. The topological polar surface area (TPSA) is 93.6 Å². The predicted molar refractivity (Wildman–Crippen MR) is 79.9 cm³/mol. The summed E-state index contributed by atoms with van der Waals surface area (Å²) in [5, 5.41) is 21.8. The van der Waals surface area contributed by atoms with E-state index in [1.165, 1.54) is 0 Å². The minimum atomic E-state index is -0.392. The lowest BCUT2D eigenvalue weighted by Gasteiger charge is -2.05. The summed E-state index contributed by atoms with van der Waals surface area (Å²) in [6.07, 6.45) is 0. The zero-order chi connectivity index (χ0) is 14.7. The fraction of sp³-hybridized carbons (Fsp3) is 0. The highest BCUT2D eigenvalue weighted by molar-refractivity contribution is 6.04. The molecule has 0 aliphatic heterocycles. The van der Waals surface area contributed by atoms with Gasteiger partial charge in [-0.1, -0.05) is 12.1 Å². The number of H-pyrrole nitrogens is 1. The first kappa shape index (κ1) is 12.7. The van der Waals surface area contributed by atoms with Crippen LogP contribution in [-0.2, 0) is 0 Å². The van der Waals surface area contributed by atoms with E-state index >= 15 is 0 Å². The van der Waals surface area contributed by atoms with Gasteiger partial charge in [-0.05, 0) is 36.4 Å². The Hall–Kier alpha value is -3.33. The third-order valence-corrected chi connectivity index (χ3v) is 2.97. The van der Waals surface area contributed by atoms with Gasteiger partial charge in [0.2, 0.25) is 0 Å². The number of para-hydroxylation sites is 1. The zero-order valence-corrected chi connectivity index (χ0v) is 10.9. The molecule has 1 aromatic heterocycles. The molecule has 1 heterocycles. The van der Waals surface area contributed by atoms with Crippen molar-refractivity contribution in [3.63, 3.8) is 0 Å². The van der Waals surface area contributed by atoms with E-state index in [1.807, 2.05) is 30.3 Å². The molecule has 21 heavy (non-hydrogen) atoms. The smallest absolute Gasteiger partial charge is 0.308 e. The molecule has 0 radical (unpaired) electrons. The minimum Gasteiger partial charge on any atom is -0.308 e. The lowest BCUT2D eigenvalue weighted by molar-refractivity contribution is 0.262. The molecule has 2 amide bonds. The predicted octanol–water partition coefficient (Wildman–Crippen LogP) is 3.08. The van der Waals surface area contributed by atoms with Gasteiger partial charge < -0.3 is 5.32 Å². The first-order valence-electron chi connectivity index (χ1n) is 6.27. The van der Waals surface area contributed by atoms with Crippen molar-refractivity contribution in [2.24, 2.45) is 0 Å². The van der Waals surface area contributed by atoms with E-state index in [-0.39, 0.29) is 0 Å². The van der Waals surface area contributed by atoms with Gasteiger partial charge in [0.05, 0.1) is 17.1 Å². The molecule has 0 unspecified atom stereocenters. The summed E-state index contributed by atoms with van der Waals surface area (Å²) in [5.74, 6) is 0.469. The van der Waals surface area contributed by atoms with Gasteiger partial charge in [0.1, 0.15) is 0 Å². The maximum absolute atomic E-state index is 11.9. The van der Waals surface area contributed by atoms with Gasteiger partial charge in [0, 0.05) is 11.1 Å². The molecule has 2 aromatic carbocycles. The number of carbonyl (C=O) groups excluding carboxylic acids is 1. The molecule has 0 spiro atoms. The summed E-state index contributed by atoms with van der Waals surface area (Å²) < 4.78 is 0. The molecule has 0 aliphatic carbocycles. The quantitative estimate of drug-likeness (QED) is 0.672. The Bertz CT molecular complexity index is 829. The molecular weight excluding hydrogens is 266 g/mol. The lowest BCUT2D eigenvalue weighted by Crippen LogP contribution is -2.19. The van der Waals surface area contributed by atoms with Crippen molar-refractivity contribution >= 4 is 28.4 Å². The van der Waals surface area contributed by atoms with Gasteiger partial charge in [0.15, 0.2) is 5.82 Å². The van der Waals surface area contributed by atoms with Crippen LogP contribution < -0.4 is 10.6 Å². The summed E-state index contributed by atoms with van der Waals surface area (Å²) in [6, 6.07) is 15.8. The summed E-state index contributed by atoms with van der Waals surface area (Å²) in [5.41, 5.74) is 2.00. The van der Waals surface area contributed by atoms with Crippen LogP contribution in [0.2, 0.25) is 0 Å². The van der Waals surface area contributed by atoms with E-state index in [1.54, 1.807) is 24.3 Å². The second-order valence-corrected chi connectivity index (χ2v) is 4.39. The second kappa shape index (κ2) is 5.35. The Morgan fingerprint density at radius 2 is 1.86 bits per heavy atom. The van der Waals surface area contributed by atoms with Crippen molar-refractivity contribution in [1.29, 1.82) is 5.26 Å². The SMILES string of the molecule is N#Cc1ccc(NC(=O)Nc2n[nH]c3ccccc23)cc1. The average molecular weight is 277 g/mol. The van der Waals surface area contributed by atoms with Gasteiger partial charge in [-0.15, -0.1) is 0 Å². The maximum atomic E-state index is 11.9. The van der Waals surface area contributed by atoms with Gasteiger partial charge in [-0.2, -0.15) is 10.4 Å². The third-order valence-electron chi connectivity index (χ3n) is 2.97. The van der Waals surface area contributed by atoms with E-state index in [9.17, 15) is 4.79 Å². The number of urea groups is 1. The molecule has 0 aliphatic rings. The number of hydrogen-bond donors (Lipinski definition) is 3. The molecule has 3 N–H and O–H groups in total. The Balaban J connectivity index is 1.73. The van der Waals surface area contributed by atoms with Crippen LogP contribution in [0.5, 0.6) is 0 Å². The summed E-state index contributed by atoms with van der Waals surface area (Å²) in [4.78, 5) is 11.9. The lowest BCUT2D eigenvalue weighted by atomic mass is 10.2. The first-order valence-corrected chi connectivity index (χ1v) is 6.27. The highest BCUT2D eigenvalue weighted by atomic mass is 16.2. The maximum Gasteiger partial charge on any atom is 0.324 e. The number of nitrogens with one attached hydrogen (secondary N) is 3. The van der Waals surface area contributed by atoms with Crippen molar-refractivity contribution in [3.8, 4) is 6.07 Å². The average Bonchev–Trinajstić information content (AvgIpc) is 2.91. The number of nitrogens with zero attached hydrogens (tertiary/aromatic N) is 2. The fourth-order valence-electron chi connectivity index (χ4n) is 1.96. The van der Waals surface area contributed by atoms with Crippen LogP contribution >= 0.6 is 0 Å². The van der Waals surface area contributed by atoms with E-state index < -0.39 is 6.03 Å². The van der Waals surface area contributed by atoms with Crippen molar-refractivity contribution in [2.75, 3.05) is 10.6 Å². The molecule has 6 heteroatoms. The van der Waals surface area contributed by atoms with E-state index in [0.29, 0.717) is 17.1 Å². The van der Waals surface area contributed by atoms with Crippen LogP contribution in [0.15, 0.2) is 48.5 Å². The van der Waals surface area contributed by atoms with Crippen LogP contribution in [0.1, 0.15) is 5.56 Å². The molecule has 0 saturated heterocycles. The van der Waals surface area contributed by atoms with Crippen molar-refractivity contribution in [1.82, 2.24) is 10.2 Å². The number of fused-ring (bicyclic) bond motifs is 1. The molecule has 0 bridgehead atoms. The molecule has 0 fully saturated rings. The first-order chi connectivity index (χ1) is 10.3. The Morgan fingerprint density at radius 3 is 2.62 bits per heavy atom. The highest BCUT2D eigenvalue weighted by Crippen LogP contribution is 2.19. The number of aromatic nitrogens is 2. The third kappa shape index (κ3) is 2.67. The Kier molecular flexibility index (Phi) is 3.23. The monoisotopic (exact) mass is 277 g/mol. The van der Waals surface area contributed by atoms with Crippen molar-refractivity contribution < 1.29 is 4.79 Å². The van der Waals surface area contributed by atoms with Crippen LogP contribution in [0.25, 0.3) is 10.9 Å². The molecule has 3 aromatic rings. The second-order valence-electron chi connectivity index (χ2n) is 4.39.